The monoisotopic (exact) mass is 453 g/mol. The molecule has 172 valence electrons. The van der Waals surface area contributed by atoms with Crippen molar-refractivity contribution in [3.8, 4) is 5.75 Å². The predicted octanol–water partition coefficient (Wildman–Crippen LogP) is 4.61. The number of methoxy groups -OCH3 is 1. The molecule has 3 N–H and O–H groups in total. The number of fused-ring (bicyclic) bond motifs is 1. The second kappa shape index (κ2) is 10.5. The summed E-state index contributed by atoms with van der Waals surface area (Å²) >= 11 is 0. The molecule has 6 heteroatoms. The minimum absolute atomic E-state index is 0.176. The second-order valence-corrected chi connectivity index (χ2v) is 8.02. The molecule has 0 bridgehead atoms. The number of hydrogen-bond acceptors (Lipinski definition) is 3. The van der Waals surface area contributed by atoms with Gasteiger partial charge in [-0.25, -0.2) is 0 Å². The van der Waals surface area contributed by atoms with Crippen molar-refractivity contribution in [2.45, 2.75) is 13.3 Å². The molecular weight excluding hydrogens is 426 g/mol. The fourth-order valence-electron chi connectivity index (χ4n) is 3.75. The van der Waals surface area contributed by atoms with E-state index in [1.54, 1.807) is 37.5 Å². The first kappa shape index (κ1) is 22.9. The van der Waals surface area contributed by atoms with Gasteiger partial charge in [0.15, 0.2) is 0 Å². The van der Waals surface area contributed by atoms with E-state index in [-0.39, 0.29) is 17.5 Å². The molecule has 0 aliphatic carbocycles. The minimum atomic E-state index is -0.350. The number of aromatic amines is 1. The van der Waals surface area contributed by atoms with Crippen molar-refractivity contribution in [3.05, 3.63) is 107 Å². The van der Waals surface area contributed by atoms with Gasteiger partial charge in [-0.05, 0) is 60.9 Å². The maximum atomic E-state index is 13.1. The Morgan fingerprint density at radius 2 is 1.79 bits per heavy atom. The third-order valence-electron chi connectivity index (χ3n) is 5.55. The van der Waals surface area contributed by atoms with Gasteiger partial charge in [0, 0.05) is 29.2 Å². The quantitative estimate of drug-likeness (QED) is 0.341. The van der Waals surface area contributed by atoms with E-state index >= 15 is 0 Å². The SMILES string of the molecule is COc1ccc(/C=C(/NC(=O)c2cccc(C)c2)C(=O)NCCc2c[nH]c3ccccc23)cc1. The molecule has 0 unspecified atom stereocenters. The normalized spacial score (nSPS) is 11.3. The fourth-order valence-corrected chi connectivity index (χ4v) is 3.75. The predicted molar refractivity (Wildman–Crippen MR) is 135 cm³/mol. The summed E-state index contributed by atoms with van der Waals surface area (Å²) in [5.41, 5.74) is 4.60. The zero-order valence-electron chi connectivity index (χ0n) is 19.2. The van der Waals surface area contributed by atoms with Crippen LogP contribution in [0, 0.1) is 6.92 Å². The van der Waals surface area contributed by atoms with Gasteiger partial charge in [0.25, 0.3) is 11.8 Å². The first-order valence-corrected chi connectivity index (χ1v) is 11.1. The van der Waals surface area contributed by atoms with Crippen LogP contribution in [0.2, 0.25) is 0 Å². The van der Waals surface area contributed by atoms with Gasteiger partial charge in [-0.15, -0.1) is 0 Å². The topological polar surface area (TPSA) is 83.2 Å². The van der Waals surface area contributed by atoms with E-state index in [2.05, 4.69) is 21.7 Å². The molecule has 0 fully saturated rings. The number of aromatic nitrogens is 1. The molecule has 3 aromatic carbocycles. The van der Waals surface area contributed by atoms with Crippen LogP contribution in [-0.2, 0) is 11.2 Å². The van der Waals surface area contributed by atoms with Crippen molar-refractivity contribution in [1.29, 1.82) is 0 Å². The first-order chi connectivity index (χ1) is 16.5. The Morgan fingerprint density at radius 1 is 1.00 bits per heavy atom. The summed E-state index contributed by atoms with van der Waals surface area (Å²) < 4.78 is 5.20. The summed E-state index contributed by atoms with van der Waals surface area (Å²) in [5.74, 6) is 0.0255. The number of benzene rings is 3. The molecule has 0 atom stereocenters. The molecule has 1 heterocycles. The highest BCUT2D eigenvalue weighted by Crippen LogP contribution is 2.18. The Balaban J connectivity index is 1.50. The van der Waals surface area contributed by atoms with E-state index in [4.69, 9.17) is 4.74 Å². The first-order valence-electron chi connectivity index (χ1n) is 11.1. The van der Waals surface area contributed by atoms with Crippen molar-refractivity contribution < 1.29 is 14.3 Å². The van der Waals surface area contributed by atoms with Crippen molar-refractivity contribution in [2.24, 2.45) is 0 Å². The number of ether oxygens (including phenoxy) is 1. The van der Waals surface area contributed by atoms with Gasteiger partial charge in [0.05, 0.1) is 7.11 Å². The van der Waals surface area contributed by atoms with E-state index in [1.807, 2.05) is 55.6 Å². The van der Waals surface area contributed by atoms with Gasteiger partial charge in [-0.1, -0.05) is 48.0 Å². The number of nitrogens with one attached hydrogen (secondary N) is 3. The zero-order chi connectivity index (χ0) is 23.9. The van der Waals surface area contributed by atoms with Crippen LogP contribution in [-0.4, -0.2) is 30.5 Å². The molecule has 0 radical (unpaired) electrons. The lowest BCUT2D eigenvalue weighted by molar-refractivity contribution is -0.117. The number of amides is 2. The zero-order valence-corrected chi connectivity index (χ0v) is 19.2. The van der Waals surface area contributed by atoms with Gasteiger partial charge in [0.1, 0.15) is 11.4 Å². The highest BCUT2D eigenvalue weighted by Gasteiger charge is 2.15. The van der Waals surface area contributed by atoms with Crippen LogP contribution in [0.4, 0.5) is 0 Å². The van der Waals surface area contributed by atoms with E-state index in [9.17, 15) is 9.59 Å². The maximum absolute atomic E-state index is 13.1. The Bertz CT molecular complexity index is 1340. The van der Waals surface area contributed by atoms with Gasteiger partial charge >= 0.3 is 0 Å². The molecule has 6 nitrogen and oxygen atoms in total. The Morgan fingerprint density at radius 3 is 2.56 bits per heavy atom. The number of carbonyl (C=O) groups excluding carboxylic acids is 2. The second-order valence-electron chi connectivity index (χ2n) is 8.02. The molecule has 34 heavy (non-hydrogen) atoms. The van der Waals surface area contributed by atoms with Crippen molar-refractivity contribution in [3.63, 3.8) is 0 Å². The lowest BCUT2D eigenvalue weighted by Gasteiger charge is -2.12. The van der Waals surface area contributed by atoms with E-state index in [0.29, 0.717) is 24.3 Å². The van der Waals surface area contributed by atoms with Crippen LogP contribution >= 0.6 is 0 Å². The molecule has 1 aromatic heterocycles. The van der Waals surface area contributed by atoms with Crippen molar-refractivity contribution in [1.82, 2.24) is 15.6 Å². The largest absolute Gasteiger partial charge is 0.497 e. The average Bonchev–Trinajstić information content (AvgIpc) is 3.27. The molecule has 0 aliphatic rings. The lowest BCUT2D eigenvalue weighted by atomic mass is 10.1. The smallest absolute Gasteiger partial charge is 0.267 e. The van der Waals surface area contributed by atoms with Gasteiger partial charge in [-0.2, -0.15) is 0 Å². The van der Waals surface area contributed by atoms with E-state index < -0.39 is 0 Å². The number of aryl methyl sites for hydroxylation is 1. The molecular formula is C28H27N3O3. The molecule has 0 saturated carbocycles. The van der Waals surface area contributed by atoms with Crippen molar-refractivity contribution >= 4 is 28.8 Å². The standard InChI is InChI=1S/C28H27N3O3/c1-19-6-5-7-21(16-19)27(32)31-26(17-20-10-12-23(34-2)13-11-20)28(33)29-15-14-22-18-30-25-9-4-3-8-24(22)25/h3-13,16-18,30H,14-15H2,1-2H3,(H,29,33)(H,31,32)/b26-17+. The molecule has 0 spiro atoms. The van der Waals surface area contributed by atoms with E-state index in [0.717, 1.165) is 27.6 Å². The van der Waals surface area contributed by atoms with Gasteiger partial charge in [0.2, 0.25) is 0 Å². The van der Waals surface area contributed by atoms with E-state index in [1.165, 1.54) is 0 Å². The number of hydrogen-bond donors (Lipinski definition) is 3. The number of H-pyrrole nitrogens is 1. The third-order valence-corrected chi connectivity index (χ3v) is 5.55. The highest BCUT2D eigenvalue weighted by molar-refractivity contribution is 6.05. The van der Waals surface area contributed by atoms with Crippen LogP contribution in [0.1, 0.15) is 27.0 Å². The minimum Gasteiger partial charge on any atom is -0.497 e. The van der Waals surface area contributed by atoms with Crippen LogP contribution in [0.15, 0.2) is 84.7 Å². The molecule has 0 aliphatic heterocycles. The summed E-state index contributed by atoms with van der Waals surface area (Å²) in [6.45, 7) is 2.35. The Kier molecular flexibility index (Phi) is 7.08. The molecule has 4 aromatic rings. The number of para-hydroxylation sites is 1. The lowest BCUT2D eigenvalue weighted by Crippen LogP contribution is -2.35. The van der Waals surface area contributed by atoms with Crippen LogP contribution in [0.3, 0.4) is 0 Å². The summed E-state index contributed by atoms with van der Waals surface area (Å²) in [7, 11) is 1.60. The van der Waals surface area contributed by atoms with Gasteiger partial charge in [-0.3, -0.25) is 9.59 Å². The summed E-state index contributed by atoms with van der Waals surface area (Å²) in [4.78, 5) is 29.2. The van der Waals surface area contributed by atoms with Crippen LogP contribution in [0.5, 0.6) is 5.75 Å². The summed E-state index contributed by atoms with van der Waals surface area (Å²) in [5, 5.41) is 6.86. The van der Waals surface area contributed by atoms with Gasteiger partial charge < -0.3 is 20.4 Å². The summed E-state index contributed by atoms with van der Waals surface area (Å²) in [6.07, 6.45) is 4.29. The molecule has 2 amide bonds. The van der Waals surface area contributed by atoms with Crippen LogP contribution < -0.4 is 15.4 Å². The maximum Gasteiger partial charge on any atom is 0.267 e. The fraction of sp³-hybridized carbons (Fsp3) is 0.143. The Hall–Kier alpha value is -4.32. The molecule has 4 rings (SSSR count). The molecule has 0 saturated heterocycles. The third kappa shape index (κ3) is 5.53. The van der Waals surface area contributed by atoms with Crippen molar-refractivity contribution in [2.75, 3.05) is 13.7 Å². The average molecular weight is 454 g/mol. The van der Waals surface area contributed by atoms with Crippen LogP contribution in [0.25, 0.3) is 17.0 Å². The Labute approximate surface area is 198 Å². The summed E-state index contributed by atoms with van der Waals surface area (Å²) in [6, 6.07) is 22.6. The highest BCUT2D eigenvalue weighted by atomic mass is 16.5. The number of carbonyl (C=O) groups is 2. The number of rotatable bonds is 8.